The number of rotatable bonds is 4. The lowest BCUT2D eigenvalue weighted by Gasteiger charge is -2.15. The van der Waals surface area contributed by atoms with Gasteiger partial charge in [0.05, 0.1) is 0 Å². The van der Waals surface area contributed by atoms with E-state index in [1.54, 1.807) is 24.3 Å². The summed E-state index contributed by atoms with van der Waals surface area (Å²) in [6, 6.07) is 14.8. The van der Waals surface area contributed by atoms with Gasteiger partial charge in [-0.15, -0.1) is 0 Å². The second-order valence-corrected chi connectivity index (χ2v) is 8.25. The first-order valence-corrected chi connectivity index (χ1v) is 9.02. The third-order valence-corrected chi connectivity index (χ3v) is 5.82. The molecule has 2 nitrogen and oxygen atoms in total. The van der Waals surface area contributed by atoms with Crippen LogP contribution in [0.4, 0.5) is 0 Å². The van der Waals surface area contributed by atoms with Crippen LogP contribution in [0.5, 0.6) is 0 Å². The van der Waals surface area contributed by atoms with E-state index in [4.69, 9.17) is 0 Å². The average Bonchev–Trinajstić information content (AvgIpc) is 2.47. The summed E-state index contributed by atoms with van der Waals surface area (Å²) in [6.07, 6.45) is 0. The Kier molecular flexibility index (Phi) is 4.70. The molecule has 0 aliphatic rings. The lowest BCUT2D eigenvalue weighted by Crippen LogP contribution is -2.15. The summed E-state index contributed by atoms with van der Waals surface area (Å²) in [6.45, 7) is 8.44. The van der Waals surface area contributed by atoms with Crippen molar-refractivity contribution in [3.8, 4) is 0 Å². The Balaban J connectivity index is 2.34. The standard InChI is InChI=1S/C18H23O2P/c1-13(2)15-5-9-17(10-6-15)21(19,20)18-11-7-16(8-12-18)14(3)4/h5-14H,1-4H3,(H,19,20). The van der Waals surface area contributed by atoms with Gasteiger partial charge in [0.25, 0.3) is 7.37 Å². The highest BCUT2D eigenvalue weighted by Gasteiger charge is 2.24. The molecule has 0 spiro atoms. The fourth-order valence-electron chi connectivity index (χ4n) is 2.27. The van der Waals surface area contributed by atoms with Crippen molar-refractivity contribution in [1.82, 2.24) is 0 Å². The van der Waals surface area contributed by atoms with Gasteiger partial charge < -0.3 is 4.89 Å². The molecule has 0 atom stereocenters. The van der Waals surface area contributed by atoms with Gasteiger partial charge in [-0.3, -0.25) is 4.57 Å². The minimum atomic E-state index is -3.50. The second-order valence-electron chi connectivity index (χ2n) is 6.07. The predicted molar refractivity (Wildman–Crippen MR) is 90.2 cm³/mol. The monoisotopic (exact) mass is 302 g/mol. The predicted octanol–water partition coefficient (Wildman–Crippen LogP) is 4.15. The van der Waals surface area contributed by atoms with Crippen molar-refractivity contribution in [2.45, 2.75) is 39.5 Å². The zero-order chi connectivity index (χ0) is 15.6. The molecule has 112 valence electrons. The van der Waals surface area contributed by atoms with E-state index < -0.39 is 7.37 Å². The van der Waals surface area contributed by atoms with E-state index in [0.717, 1.165) is 0 Å². The van der Waals surface area contributed by atoms with Crippen LogP contribution in [-0.2, 0) is 4.57 Å². The molecule has 0 aliphatic carbocycles. The van der Waals surface area contributed by atoms with Crippen molar-refractivity contribution in [2.75, 3.05) is 0 Å². The topological polar surface area (TPSA) is 37.3 Å². The third-order valence-electron chi connectivity index (χ3n) is 3.82. The fraction of sp³-hybridized carbons (Fsp3) is 0.333. The Morgan fingerprint density at radius 1 is 0.714 bits per heavy atom. The van der Waals surface area contributed by atoms with Gasteiger partial charge in [-0.25, -0.2) is 0 Å². The molecule has 0 amide bonds. The van der Waals surface area contributed by atoms with Gasteiger partial charge in [0.2, 0.25) is 0 Å². The van der Waals surface area contributed by atoms with Crippen molar-refractivity contribution >= 4 is 18.0 Å². The molecule has 0 radical (unpaired) electrons. The molecule has 0 saturated heterocycles. The number of hydrogen-bond donors (Lipinski definition) is 1. The molecule has 0 unspecified atom stereocenters. The van der Waals surface area contributed by atoms with Crippen LogP contribution in [0.2, 0.25) is 0 Å². The van der Waals surface area contributed by atoms with E-state index in [1.165, 1.54) is 11.1 Å². The molecule has 0 aromatic heterocycles. The third kappa shape index (κ3) is 3.45. The van der Waals surface area contributed by atoms with E-state index in [0.29, 0.717) is 22.4 Å². The first kappa shape index (κ1) is 16.0. The molecule has 0 heterocycles. The fourth-order valence-corrected chi connectivity index (χ4v) is 3.68. The molecule has 2 aromatic carbocycles. The van der Waals surface area contributed by atoms with Crippen LogP contribution in [0.15, 0.2) is 48.5 Å². The molecule has 0 fully saturated rings. The largest absolute Gasteiger partial charge is 0.338 e. The van der Waals surface area contributed by atoms with Crippen LogP contribution < -0.4 is 10.6 Å². The maximum atomic E-state index is 12.7. The van der Waals surface area contributed by atoms with E-state index >= 15 is 0 Å². The van der Waals surface area contributed by atoms with Gasteiger partial charge in [0.15, 0.2) is 0 Å². The summed E-state index contributed by atoms with van der Waals surface area (Å²) in [5, 5.41) is 0.980. The molecule has 0 aliphatic heterocycles. The summed E-state index contributed by atoms with van der Waals surface area (Å²) >= 11 is 0. The molecule has 2 aromatic rings. The van der Waals surface area contributed by atoms with Gasteiger partial charge >= 0.3 is 0 Å². The summed E-state index contributed by atoms with van der Waals surface area (Å²) < 4.78 is 12.7. The van der Waals surface area contributed by atoms with Crippen LogP contribution in [0, 0.1) is 0 Å². The molecule has 21 heavy (non-hydrogen) atoms. The van der Waals surface area contributed by atoms with Crippen LogP contribution in [0.25, 0.3) is 0 Å². The molecular weight excluding hydrogens is 279 g/mol. The number of hydrogen-bond acceptors (Lipinski definition) is 1. The highest BCUT2D eigenvalue weighted by molar-refractivity contribution is 7.73. The zero-order valence-electron chi connectivity index (χ0n) is 13.1. The molecule has 1 N–H and O–H groups in total. The van der Waals surface area contributed by atoms with E-state index in [1.807, 2.05) is 24.3 Å². The quantitative estimate of drug-likeness (QED) is 0.861. The van der Waals surface area contributed by atoms with Gasteiger partial charge in [-0.1, -0.05) is 52.0 Å². The van der Waals surface area contributed by atoms with Gasteiger partial charge in [-0.05, 0) is 47.2 Å². The highest BCUT2D eigenvalue weighted by Crippen LogP contribution is 2.38. The van der Waals surface area contributed by atoms with Crippen molar-refractivity contribution in [1.29, 1.82) is 0 Å². The second kappa shape index (κ2) is 6.17. The molecule has 3 heteroatoms. The average molecular weight is 302 g/mol. The van der Waals surface area contributed by atoms with Gasteiger partial charge in [0, 0.05) is 10.6 Å². The SMILES string of the molecule is CC(C)c1ccc(P(=O)(O)c2ccc(C(C)C)cc2)cc1. The highest BCUT2D eigenvalue weighted by atomic mass is 31.2. The first-order chi connectivity index (χ1) is 9.82. The van der Waals surface area contributed by atoms with Crippen molar-refractivity contribution in [3.63, 3.8) is 0 Å². The first-order valence-electron chi connectivity index (χ1n) is 7.36. The van der Waals surface area contributed by atoms with Gasteiger partial charge in [0.1, 0.15) is 0 Å². The Labute approximate surface area is 127 Å². The Hall–Kier alpha value is -1.37. The maximum Gasteiger partial charge on any atom is 0.258 e. The van der Waals surface area contributed by atoms with Crippen molar-refractivity contribution in [2.24, 2.45) is 0 Å². The summed E-state index contributed by atoms with van der Waals surface area (Å²) in [5.74, 6) is 0.838. The van der Waals surface area contributed by atoms with Crippen LogP contribution in [-0.4, -0.2) is 4.89 Å². The van der Waals surface area contributed by atoms with Crippen LogP contribution >= 0.6 is 7.37 Å². The van der Waals surface area contributed by atoms with Crippen molar-refractivity contribution in [3.05, 3.63) is 59.7 Å². The van der Waals surface area contributed by atoms with Crippen LogP contribution in [0.1, 0.15) is 50.7 Å². The Morgan fingerprint density at radius 2 is 1.00 bits per heavy atom. The normalized spacial score (nSPS) is 12.1. The summed E-state index contributed by atoms with van der Waals surface area (Å²) in [7, 11) is -3.50. The van der Waals surface area contributed by atoms with Crippen LogP contribution in [0.3, 0.4) is 0 Å². The van der Waals surface area contributed by atoms with E-state index in [-0.39, 0.29) is 0 Å². The summed E-state index contributed by atoms with van der Waals surface area (Å²) in [4.78, 5) is 10.5. The van der Waals surface area contributed by atoms with Crippen molar-refractivity contribution < 1.29 is 9.46 Å². The lowest BCUT2D eigenvalue weighted by atomic mass is 10.0. The number of benzene rings is 2. The Morgan fingerprint density at radius 3 is 1.24 bits per heavy atom. The molecule has 0 saturated carbocycles. The zero-order valence-corrected chi connectivity index (χ0v) is 14.0. The Bertz CT molecular complexity index is 584. The molecular formula is C18H23O2P. The lowest BCUT2D eigenvalue weighted by molar-refractivity contribution is 0.501. The minimum Gasteiger partial charge on any atom is -0.338 e. The molecule has 0 bridgehead atoms. The van der Waals surface area contributed by atoms with E-state index in [9.17, 15) is 9.46 Å². The van der Waals surface area contributed by atoms with Gasteiger partial charge in [-0.2, -0.15) is 0 Å². The smallest absolute Gasteiger partial charge is 0.258 e. The maximum absolute atomic E-state index is 12.7. The van der Waals surface area contributed by atoms with E-state index in [2.05, 4.69) is 27.7 Å². The minimum absolute atomic E-state index is 0.419. The summed E-state index contributed by atoms with van der Waals surface area (Å²) in [5.41, 5.74) is 2.35. The molecule has 2 rings (SSSR count).